The van der Waals surface area contributed by atoms with Crippen LogP contribution >= 0.6 is 34.8 Å². The number of Topliss-reactive ketones (excluding diaryl/α,β-unsaturated/α-hetero) is 1. The maximum Gasteiger partial charge on any atom is 0.196 e. The maximum atomic E-state index is 15.4. The van der Waals surface area contributed by atoms with Gasteiger partial charge in [-0.3, -0.25) is 9.59 Å². The van der Waals surface area contributed by atoms with Crippen molar-refractivity contribution >= 4 is 46.4 Å². The number of ketones is 2. The molecule has 3 saturated carbocycles. The van der Waals surface area contributed by atoms with Gasteiger partial charge in [-0.05, 0) is 55.2 Å². The van der Waals surface area contributed by atoms with Gasteiger partial charge in [0.1, 0.15) is 18.4 Å². The molecule has 2 unspecified atom stereocenters. The van der Waals surface area contributed by atoms with Crippen molar-refractivity contribution in [1.29, 1.82) is 0 Å². The summed E-state index contributed by atoms with van der Waals surface area (Å²) in [5.41, 5.74) is -3.45. The van der Waals surface area contributed by atoms with Crippen molar-refractivity contribution in [3.8, 4) is 0 Å². The summed E-state index contributed by atoms with van der Waals surface area (Å²) in [4.78, 5) is 23.4. The Morgan fingerprint density at radius 1 is 1.34 bits per heavy atom. The molecule has 0 heterocycles. The molecule has 4 nitrogen and oxygen atoms in total. The Labute approximate surface area is 184 Å². The second-order valence-electron chi connectivity index (χ2n) is 9.41. The van der Waals surface area contributed by atoms with Crippen LogP contribution in [0.4, 0.5) is 4.39 Å². The number of rotatable bonds is 2. The van der Waals surface area contributed by atoms with Crippen LogP contribution in [-0.4, -0.2) is 50.4 Å². The van der Waals surface area contributed by atoms with Crippen LogP contribution in [0.5, 0.6) is 0 Å². The van der Waals surface area contributed by atoms with Crippen LogP contribution in [0.1, 0.15) is 39.5 Å². The molecule has 4 aliphatic carbocycles. The van der Waals surface area contributed by atoms with Crippen LogP contribution < -0.4 is 0 Å². The normalized spacial score (nSPS) is 51.5. The minimum atomic E-state index is -1.73. The molecule has 0 amide bonds. The Morgan fingerprint density at radius 3 is 2.62 bits per heavy atom. The zero-order chi connectivity index (χ0) is 21.6. The Hall–Kier alpha value is -0.460. The molecule has 0 saturated heterocycles. The third kappa shape index (κ3) is 2.46. The molecule has 160 valence electrons. The molecule has 8 heteroatoms. The van der Waals surface area contributed by atoms with Crippen LogP contribution in [-0.2, 0) is 9.59 Å². The van der Waals surface area contributed by atoms with Gasteiger partial charge in [0.05, 0.1) is 15.3 Å². The third-order valence-corrected chi connectivity index (χ3v) is 10.2. The van der Waals surface area contributed by atoms with Crippen molar-refractivity contribution in [3.05, 3.63) is 22.8 Å². The molecule has 2 N–H and O–H groups in total. The van der Waals surface area contributed by atoms with E-state index < -0.39 is 56.9 Å². The number of alkyl halides is 3. The van der Waals surface area contributed by atoms with Crippen LogP contribution in [0, 0.1) is 22.7 Å². The van der Waals surface area contributed by atoms with Crippen molar-refractivity contribution in [2.24, 2.45) is 22.7 Å². The van der Waals surface area contributed by atoms with E-state index >= 15 is 4.39 Å². The van der Waals surface area contributed by atoms with Gasteiger partial charge >= 0.3 is 0 Å². The number of carbonyl (C=O) groups is 2. The highest BCUT2D eigenvalue weighted by Crippen LogP contribution is 2.71. The smallest absolute Gasteiger partial charge is 0.196 e. The molecule has 0 aliphatic heterocycles. The van der Waals surface area contributed by atoms with Crippen molar-refractivity contribution in [1.82, 2.24) is 0 Å². The Balaban J connectivity index is 1.86. The molecule has 8 atom stereocenters. The highest BCUT2D eigenvalue weighted by atomic mass is 35.5. The maximum absolute atomic E-state index is 15.4. The summed E-state index contributed by atoms with van der Waals surface area (Å²) < 4.78 is 15.4. The molecule has 0 aromatic heterocycles. The number of aliphatic hydroxyl groups is 2. The Morgan fingerprint density at radius 2 is 2.00 bits per heavy atom. The third-order valence-electron chi connectivity index (χ3n) is 8.40. The van der Waals surface area contributed by atoms with E-state index in [1.165, 1.54) is 12.2 Å². The van der Waals surface area contributed by atoms with Gasteiger partial charge in [-0.25, -0.2) is 4.39 Å². The van der Waals surface area contributed by atoms with E-state index in [1.807, 2.05) is 0 Å². The molecule has 0 aromatic carbocycles. The fourth-order valence-electron chi connectivity index (χ4n) is 6.79. The molecule has 29 heavy (non-hydrogen) atoms. The number of allylic oxidation sites excluding steroid dienone is 4. The zero-order valence-electron chi connectivity index (χ0n) is 16.2. The molecule has 3 fully saturated rings. The number of carbonyl (C=O) groups excluding carboxylic acids is 2. The highest BCUT2D eigenvalue weighted by molar-refractivity contribution is 6.45. The molecule has 0 spiro atoms. The molecular weight excluding hydrogens is 442 g/mol. The average Bonchev–Trinajstić information content (AvgIpc) is 2.91. The molecule has 0 radical (unpaired) electrons. The van der Waals surface area contributed by atoms with Crippen molar-refractivity contribution in [2.45, 2.75) is 61.6 Å². The fourth-order valence-corrected chi connectivity index (χ4v) is 8.25. The first kappa shape index (κ1) is 21.8. The largest absolute Gasteiger partial charge is 0.388 e. The average molecular weight is 466 g/mol. The standard InChI is InChI=1S/C21H24Cl3FO4/c1-18-8-16(23)21(24)11(10(18)3-4-20(18,29)17(28)9-26)5-14(25)12-6-15(27)13(22)7-19(12,21)2/h6-7,10-11,14,16,26,29H,3-5,8-9H2,1-2H3/t10-,11-,14?,16?,18-,19-,20-,21-/m0/s1. The Kier molecular flexibility index (Phi) is 4.89. The number of hydrogen-bond acceptors (Lipinski definition) is 4. The molecule has 0 aromatic rings. The summed E-state index contributed by atoms with van der Waals surface area (Å²) in [6.07, 6.45) is 2.28. The summed E-state index contributed by atoms with van der Waals surface area (Å²) in [5.74, 6) is -1.80. The summed E-state index contributed by atoms with van der Waals surface area (Å²) in [5, 5.41) is 19.9. The van der Waals surface area contributed by atoms with Crippen LogP contribution in [0.2, 0.25) is 0 Å². The topological polar surface area (TPSA) is 74.6 Å². The van der Waals surface area contributed by atoms with E-state index in [0.29, 0.717) is 6.42 Å². The molecule has 4 aliphatic rings. The van der Waals surface area contributed by atoms with E-state index in [2.05, 4.69) is 0 Å². The second kappa shape index (κ2) is 6.52. The lowest BCUT2D eigenvalue weighted by atomic mass is 9.46. The van der Waals surface area contributed by atoms with Gasteiger partial charge in [-0.2, -0.15) is 0 Å². The minimum Gasteiger partial charge on any atom is -0.388 e. The lowest BCUT2D eigenvalue weighted by Gasteiger charge is -2.64. The van der Waals surface area contributed by atoms with E-state index in [9.17, 15) is 19.8 Å². The van der Waals surface area contributed by atoms with Crippen molar-refractivity contribution in [2.75, 3.05) is 6.61 Å². The van der Waals surface area contributed by atoms with Gasteiger partial charge in [0.15, 0.2) is 11.6 Å². The number of halogens is 4. The van der Waals surface area contributed by atoms with Crippen LogP contribution in [0.25, 0.3) is 0 Å². The summed E-state index contributed by atoms with van der Waals surface area (Å²) >= 11 is 20.3. The van der Waals surface area contributed by atoms with Crippen molar-refractivity contribution < 1.29 is 24.2 Å². The van der Waals surface area contributed by atoms with E-state index in [4.69, 9.17) is 34.8 Å². The minimum absolute atomic E-state index is 0.0142. The predicted molar refractivity (Wildman–Crippen MR) is 109 cm³/mol. The lowest BCUT2D eigenvalue weighted by molar-refractivity contribution is -0.162. The van der Waals surface area contributed by atoms with Crippen LogP contribution in [0.15, 0.2) is 22.8 Å². The first-order valence-electron chi connectivity index (χ1n) is 9.85. The fraction of sp³-hybridized carbons (Fsp3) is 0.714. The number of fused-ring (bicyclic) bond motifs is 5. The monoisotopic (exact) mass is 464 g/mol. The highest BCUT2D eigenvalue weighted by Gasteiger charge is 2.74. The van der Waals surface area contributed by atoms with Gasteiger partial charge in [-0.15, -0.1) is 23.2 Å². The van der Waals surface area contributed by atoms with Gasteiger partial charge in [0, 0.05) is 10.8 Å². The number of hydrogen-bond donors (Lipinski definition) is 2. The van der Waals surface area contributed by atoms with Gasteiger partial charge < -0.3 is 10.2 Å². The lowest BCUT2D eigenvalue weighted by Crippen LogP contribution is -2.68. The summed E-state index contributed by atoms with van der Waals surface area (Å²) in [6.45, 7) is 2.79. The predicted octanol–water partition coefficient (Wildman–Crippen LogP) is 3.68. The van der Waals surface area contributed by atoms with Crippen LogP contribution in [0.3, 0.4) is 0 Å². The Bertz CT molecular complexity index is 859. The second-order valence-corrected chi connectivity index (χ2v) is 11.0. The van der Waals surface area contributed by atoms with E-state index in [-0.39, 0.29) is 35.8 Å². The van der Waals surface area contributed by atoms with Gasteiger partial charge in [-0.1, -0.05) is 25.4 Å². The SMILES string of the molecule is C[C@]12C=C(Cl)C(=O)C=C1C(F)C[C@H]1[C@@H]3CC[C@](O)(C(=O)CO)[C@@]3(C)CC(Cl)[C@@]12Cl. The molecular formula is C21H24Cl3FO4. The molecule has 0 bridgehead atoms. The first-order chi connectivity index (χ1) is 13.4. The van der Waals surface area contributed by atoms with E-state index in [1.54, 1.807) is 13.8 Å². The number of aliphatic hydroxyl groups excluding tert-OH is 1. The quantitative estimate of drug-likeness (QED) is 0.610. The zero-order valence-corrected chi connectivity index (χ0v) is 18.5. The first-order valence-corrected chi connectivity index (χ1v) is 11.0. The van der Waals surface area contributed by atoms with Crippen molar-refractivity contribution in [3.63, 3.8) is 0 Å². The summed E-state index contributed by atoms with van der Waals surface area (Å²) in [7, 11) is 0. The van der Waals surface area contributed by atoms with Gasteiger partial charge in [0.25, 0.3) is 0 Å². The van der Waals surface area contributed by atoms with Gasteiger partial charge in [0.2, 0.25) is 0 Å². The summed E-state index contributed by atoms with van der Waals surface area (Å²) in [6, 6.07) is 0. The van der Waals surface area contributed by atoms with E-state index in [0.717, 1.165) is 0 Å². The molecule has 4 rings (SSSR count).